The second kappa shape index (κ2) is 8.85. The van der Waals surface area contributed by atoms with Gasteiger partial charge in [-0.15, -0.1) is 0 Å². The summed E-state index contributed by atoms with van der Waals surface area (Å²) in [4.78, 5) is 0. The standard InChI is InChI=1S/C7H13NO.C4H9NO/c1-2-3-7-6-8-4-5-9-7;1-3-6-4-2-5-1/h2-3,7-8H,4-6H2,1H3;5H,1-4H2. The van der Waals surface area contributed by atoms with E-state index in [1.807, 2.05) is 13.0 Å². The van der Waals surface area contributed by atoms with Crippen LogP contribution >= 0.6 is 0 Å². The molecule has 1 atom stereocenters. The quantitative estimate of drug-likeness (QED) is 0.610. The lowest BCUT2D eigenvalue weighted by Gasteiger charge is -2.20. The van der Waals surface area contributed by atoms with Gasteiger partial charge in [0.2, 0.25) is 0 Å². The van der Waals surface area contributed by atoms with E-state index in [0.29, 0.717) is 6.10 Å². The number of hydrogen-bond acceptors (Lipinski definition) is 4. The molecule has 4 heteroatoms. The molecular weight excluding hydrogens is 192 g/mol. The highest BCUT2D eigenvalue weighted by Gasteiger charge is 2.07. The van der Waals surface area contributed by atoms with Crippen LogP contribution in [0.2, 0.25) is 0 Å². The zero-order valence-corrected chi connectivity index (χ0v) is 9.50. The summed E-state index contributed by atoms with van der Waals surface area (Å²) in [6.45, 7) is 8.64. The molecule has 0 aromatic carbocycles. The van der Waals surface area contributed by atoms with Crippen LogP contribution in [0.1, 0.15) is 6.92 Å². The third-order valence-corrected chi connectivity index (χ3v) is 2.21. The number of ether oxygens (including phenoxy) is 2. The van der Waals surface area contributed by atoms with Gasteiger partial charge in [0.1, 0.15) is 0 Å². The van der Waals surface area contributed by atoms with Crippen LogP contribution in [-0.4, -0.2) is 52.1 Å². The van der Waals surface area contributed by atoms with Gasteiger partial charge in [-0.05, 0) is 6.92 Å². The summed E-state index contributed by atoms with van der Waals surface area (Å²) in [7, 11) is 0. The van der Waals surface area contributed by atoms with Gasteiger partial charge >= 0.3 is 0 Å². The molecule has 0 spiro atoms. The van der Waals surface area contributed by atoms with E-state index in [0.717, 1.165) is 46.0 Å². The number of allylic oxidation sites excluding steroid dienone is 1. The zero-order valence-electron chi connectivity index (χ0n) is 9.50. The average molecular weight is 214 g/mol. The van der Waals surface area contributed by atoms with Gasteiger partial charge in [-0.2, -0.15) is 0 Å². The topological polar surface area (TPSA) is 42.5 Å². The van der Waals surface area contributed by atoms with Gasteiger partial charge in [0.25, 0.3) is 0 Å². The highest BCUT2D eigenvalue weighted by atomic mass is 16.5. The number of nitrogens with one attached hydrogen (secondary N) is 2. The Kier molecular flexibility index (Phi) is 7.47. The van der Waals surface area contributed by atoms with Crippen molar-refractivity contribution in [1.29, 1.82) is 0 Å². The maximum Gasteiger partial charge on any atom is 0.0880 e. The first-order valence-corrected chi connectivity index (χ1v) is 5.67. The second-order valence-electron chi connectivity index (χ2n) is 3.50. The molecule has 1 unspecified atom stereocenters. The van der Waals surface area contributed by atoms with E-state index in [-0.39, 0.29) is 0 Å². The van der Waals surface area contributed by atoms with E-state index in [9.17, 15) is 0 Å². The lowest BCUT2D eigenvalue weighted by atomic mass is 10.3. The Hall–Kier alpha value is -0.420. The van der Waals surface area contributed by atoms with Crippen LogP contribution in [0.15, 0.2) is 12.2 Å². The number of hydrogen-bond donors (Lipinski definition) is 2. The minimum atomic E-state index is 0.309. The van der Waals surface area contributed by atoms with Crippen molar-refractivity contribution in [2.75, 3.05) is 46.0 Å². The summed E-state index contributed by atoms with van der Waals surface area (Å²) in [5, 5.41) is 6.40. The van der Waals surface area contributed by atoms with Crippen molar-refractivity contribution >= 4 is 0 Å². The first-order chi connectivity index (χ1) is 7.43. The monoisotopic (exact) mass is 214 g/mol. The molecule has 0 bridgehead atoms. The predicted octanol–water partition coefficient (Wildman–Crippen LogP) is 0.157. The molecule has 4 nitrogen and oxygen atoms in total. The van der Waals surface area contributed by atoms with Crippen molar-refractivity contribution in [3.63, 3.8) is 0 Å². The lowest BCUT2D eigenvalue weighted by Crippen LogP contribution is -2.37. The van der Waals surface area contributed by atoms with Crippen molar-refractivity contribution in [3.05, 3.63) is 12.2 Å². The Morgan fingerprint density at radius 2 is 1.80 bits per heavy atom. The van der Waals surface area contributed by atoms with E-state index in [2.05, 4.69) is 16.7 Å². The predicted molar refractivity (Wildman–Crippen MR) is 61.1 cm³/mol. The van der Waals surface area contributed by atoms with Gasteiger partial charge < -0.3 is 20.1 Å². The van der Waals surface area contributed by atoms with E-state index in [1.165, 1.54) is 0 Å². The van der Waals surface area contributed by atoms with Crippen LogP contribution in [0.3, 0.4) is 0 Å². The van der Waals surface area contributed by atoms with E-state index in [4.69, 9.17) is 9.47 Å². The van der Waals surface area contributed by atoms with Crippen molar-refractivity contribution in [2.45, 2.75) is 13.0 Å². The van der Waals surface area contributed by atoms with Crippen LogP contribution in [0.5, 0.6) is 0 Å². The van der Waals surface area contributed by atoms with Gasteiger partial charge in [0.05, 0.1) is 25.9 Å². The third-order valence-electron chi connectivity index (χ3n) is 2.21. The second-order valence-corrected chi connectivity index (χ2v) is 3.50. The van der Waals surface area contributed by atoms with Gasteiger partial charge in [0, 0.05) is 26.2 Å². The van der Waals surface area contributed by atoms with Gasteiger partial charge in [0.15, 0.2) is 0 Å². The fourth-order valence-electron chi connectivity index (χ4n) is 1.44. The molecule has 2 rings (SSSR count). The summed E-state index contributed by atoms with van der Waals surface area (Å²) in [6.07, 6.45) is 4.41. The maximum absolute atomic E-state index is 5.37. The molecular formula is C11H22N2O2. The Morgan fingerprint density at radius 1 is 1.07 bits per heavy atom. The van der Waals surface area contributed by atoms with Gasteiger partial charge in [-0.25, -0.2) is 0 Å². The van der Waals surface area contributed by atoms with Crippen molar-refractivity contribution in [1.82, 2.24) is 10.6 Å². The first-order valence-electron chi connectivity index (χ1n) is 5.67. The third kappa shape index (κ3) is 6.62. The van der Waals surface area contributed by atoms with Crippen LogP contribution in [0, 0.1) is 0 Å². The molecule has 0 aromatic rings. The number of morpholine rings is 2. The van der Waals surface area contributed by atoms with Crippen molar-refractivity contribution < 1.29 is 9.47 Å². The average Bonchev–Trinajstić information content (AvgIpc) is 2.34. The smallest absolute Gasteiger partial charge is 0.0880 e. The molecule has 15 heavy (non-hydrogen) atoms. The van der Waals surface area contributed by atoms with Gasteiger partial charge in [-0.3, -0.25) is 0 Å². The summed E-state index contributed by atoms with van der Waals surface area (Å²) < 4.78 is 10.4. The Balaban J connectivity index is 0.000000162. The SMILES string of the molecule is C1COCCN1.CC=CC1CNCCO1. The Morgan fingerprint density at radius 3 is 2.20 bits per heavy atom. The molecule has 0 aromatic heterocycles. The van der Waals surface area contributed by atoms with Crippen LogP contribution in [-0.2, 0) is 9.47 Å². The maximum atomic E-state index is 5.37. The highest BCUT2D eigenvalue weighted by Crippen LogP contribution is 1.96. The zero-order chi connectivity index (χ0) is 10.8. The Bertz CT molecular complexity index is 152. The largest absolute Gasteiger partial charge is 0.379 e. The molecule has 2 saturated heterocycles. The van der Waals surface area contributed by atoms with Crippen LogP contribution in [0.25, 0.3) is 0 Å². The van der Waals surface area contributed by atoms with Crippen molar-refractivity contribution in [2.24, 2.45) is 0 Å². The fourth-order valence-corrected chi connectivity index (χ4v) is 1.44. The molecule has 2 fully saturated rings. The van der Waals surface area contributed by atoms with Crippen LogP contribution in [0.4, 0.5) is 0 Å². The normalized spacial score (nSPS) is 27.1. The summed E-state index contributed by atoms with van der Waals surface area (Å²) >= 11 is 0. The fraction of sp³-hybridized carbons (Fsp3) is 0.818. The molecule has 0 aliphatic carbocycles. The molecule has 2 heterocycles. The molecule has 0 radical (unpaired) electrons. The van der Waals surface area contributed by atoms with Crippen LogP contribution < -0.4 is 10.6 Å². The van der Waals surface area contributed by atoms with Crippen molar-refractivity contribution in [3.8, 4) is 0 Å². The van der Waals surface area contributed by atoms with E-state index < -0.39 is 0 Å². The minimum absolute atomic E-state index is 0.309. The lowest BCUT2D eigenvalue weighted by molar-refractivity contribution is 0.0591. The minimum Gasteiger partial charge on any atom is -0.379 e. The first kappa shape index (κ1) is 12.6. The summed E-state index contributed by atoms with van der Waals surface area (Å²) in [5.74, 6) is 0. The molecule has 2 aliphatic rings. The summed E-state index contributed by atoms with van der Waals surface area (Å²) in [5.41, 5.74) is 0. The molecule has 88 valence electrons. The molecule has 2 aliphatic heterocycles. The van der Waals surface area contributed by atoms with Gasteiger partial charge in [-0.1, -0.05) is 12.2 Å². The summed E-state index contributed by atoms with van der Waals surface area (Å²) in [6, 6.07) is 0. The Labute approximate surface area is 92.0 Å². The highest BCUT2D eigenvalue weighted by molar-refractivity contribution is 4.89. The number of rotatable bonds is 1. The molecule has 0 saturated carbocycles. The molecule has 2 N–H and O–H groups in total. The van der Waals surface area contributed by atoms with E-state index >= 15 is 0 Å². The van der Waals surface area contributed by atoms with E-state index in [1.54, 1.807) is 0 Å². The molecule has 0 amide bonds.